The summed E-state index contributed by atoms with van der Waals surface area (Å²) < 4.78 is 0. The maximum atomic E-state index is 11.1. The van der Waals surface area contributed by atoms with Crippen LogP contribution in [0, 0.1) is 0 Å². The van der Waals surface area contributed by atoms with Crippen LogP contribution in [-0.2, 0) is 4.79 Å². The van der Waals surface area contributed by atoms with Crippen LogP contribution in [0.2, 0.25) is 0 Å². The van der Waals surface area contributed by atoms with E-state index in [1.807, 2.05) is 14.0 Å². The number of likely N-dealkylation sites (N-methyl/N-ethyl adjacent to an activating group) is 2. The average molecular weight is 205 g/mol. The standard InChI is InChI=1S/C8H19N3OS/c1-6(8(12)10-3)11-4-7(5-13)9-2/h6-7,9,11,13H,4-5H2,1-3H3,(H,10,12)/t6-,7+/m0/s1. The van der Waals surface area contributed by atoms with E-state index in [0.717, 1.165) is 12.3 Å². The van der Waals surface area contributed by atoms with Crippen LogP contribution < -0.4 is 16.0 Å². The van der Waals surface area contributed by atoms with E-state index in [1.165, 1.54) is 0 Å². The van der Waals surface area contributed by atoms with Crippen molar-refractivity contribution in [3.63, 3.8) is 0 Å². The Kier molecular flexibility index (Phi) is 7.03. The van der Waals surface area contributed by atoms with Crippen LogP contribution in [0.1, 0.15) is 6.92 Å². The molecule has 0 aliphatic rings. The van der Waals surface area contributed by atoms with Crippen molar-refractivity contribution < 1.29 is 4.79 Å². The maximum Gasteiger partial charge on any atom is 0.236 e. The van der Waals surface area contributed by atoms with Crippen molar-refractivity contribution in [1.82, 2.24) is 16.0 Å². The maximum absolute atomic E-state index is 11.1. The highest BCUT2D eigenvalue weighted by atomic mass is 32.1. The molecule has 0 aliphatic heterocycles. The summed E-state index contributed by atoms with van der Waals surface area (Å²) in [5.74, 6) is 0.762. The highest BCUT2D eigenvalue weighted by molar-refractivity contribution is 7.80. The molecule has 78 valence electrons. The van der Waals surface area contributed by atoms with Crippen LogP contribution in [-0.4, -0.2) is 44.4 Å². The first-order valence-electron chi connectivity index (χ1n) is 4.38. The lowest BCUT2D eigenvalue weighted by Gasteiger charge is -2.17. The fourth-order valence-corrected chi connectivity index (χ4v) is 1.20. The molecule has 13 heavy (non-hydrogen) atoms. The van der Waals surface area contributed by atoms with Crippen LogP contribution in [0.5, 0.6) is 0 Å². The Hall–Kier alpha value is -0.260. The van der Waals surface area contributed by atoms with E-state index in [0.29, 0.717) is 6.04 Å². The second kappa shape index (κ2) is 7.17. The predicted octanol–water partition coefficient (Wildman–Crippen LogP) is -0.772. The lowest BCUT2D eigenvalue weighted by atomic mass is 10.2. The van der Waals surface area contributed by atoms with Crippen molar-refractivity contribution in [3.05, 3.63) is 0 Å². The van der Waals surface area contributed by atoms with E-state index in [4.69, 9.17) is 0 Å². The molecule has 0 saturated carbocycles. The summed E-state index contributed by atoms with van der Waals surface area (Å²) in [4.78, 5) is 11.1. The third kappa shape index (κ3) is 5.13. The van der Waals surface area contributed by atoms with Crippen molar-refractivity contribution in [2.75, 3.05) is 26.4 Å². The van der Waals surface area contributed by atoms with Crippen molar-refractivity contribution >= 4 is 18.5 Å². The Bertz CT molecular complexity index is 150. The number of hydrogen-bond donors (Lipinski definition) is 4. The number of thiol groups is 1. The first-order valence-corrected chi connectivity index (χ1v) is 5.02. The number of amides is 1. The zero-order valence-corrected chi connectivity index (χ0v) is 9.32. The van der Waals surface area contributed by atoms with Gasteiger partial charge in [-0.3, -0.25) is 4.79 Å². The summed E-state index contributed by atoms with van der Waals surface area (Å²) in [6.45, 7) is 2.58. The molecule has 0 heterocycles. The molecule has 0 unspecified atom stereocenters. The summed E-state index contributed by atoms with van der Waals surface area (Å²) in [7, 11) is 3.52. The lowest BCUT2D eigenvalue weighted by Crippen LogP contribution is -2.46. The Morgan fingerprint density at radius 3 is 2.46 bits per heavy atom. The smallest absolute Gasteiger partial charge is 0.236 e. The molecule has 2 atom stereocenters. The van der Waals surface area contributed by atoms with Gasteiger partial charge in [-0.15, -0.1) is 0 Å². The fourth-order valence-electron chi connectivity index (χ4n) is 0.886. The predicted molar refractivity (Wildman–Crippen MR) is 58.2 cm³/mol. The van der Waals surface area contributed by atoms with Gasteiger partial charge in [0.05, 0.1) is 6.04 Å². The highest BCUT2D eigenvalue weighted by Gasteiger charge is 2.11. The van der Waals surface area contributed by atoms with Gasteiger partial charge in [0, 0.05) is 25.4 Å². The normalized spacial score (nSPS) is 15.1. The Balaban J connectivity index is 3.67. The van der Waals surface area contributed by atoms with Crippen molar-refractivity contribution in [2.45, 2.75) is 19.0 Å². The highest BCUT2D eigenvalue weighted by Crippen LogP contribution is 1.87. The minimum absolute atomic E-state index is 0.00835. The van der Waals surface area contributed by atoms with Crippen LogP contribution in [0.25, 0.3) is 0 Å². The zero-order chi connectivity index (χ0) is 10.3. The molecular weight excluding hydrogens is 186 g/mol. The second-order valence-corrected chi connectivity index (χ2v) is 3.28. The van der Waals surface area contributed by atoms with Gasteiger partial charge in [-0.05, 0) is 14.0 Å². The zero-order valence-electron chi connectivity index (χ0n) is 8.42. The molecule has 0 fully saturated rings. The minimum atomic E-state index is -0.152. The summed E-state index contributed by atoms with van der Waals surface area (Å²) in [5.41, 5.74) is 0. The third-order valence-electron chi connectivity index (χ3n) is 1.94. The molecular formula is C8H19N3OS. The molecule has 5 heteroatoms. The molecule has 0 aromatic carbocycles. The van der Waals surface area contributed by atoms with Gasteiger partial charge in [-0.2, -0.15) is 12.6 Å². The lowest BCUT2D eigenvalue weighted by molar-refractivity contribution is -0.122. The van der Waals surface area contributed by atoms with E-state index in [-0.39, 0.29) is 11.9 Å². The van der Waals surface area contributed by atoms with Crippen molar-refractivity contribution in [2.24, 2.45) is 0 Å². The number of carbonyl (C=O) groups is 1. The molecule has 0 rings (SSSR count). The molecule has 3 N–H and O–H groups in total. The summed E-state index contributed by atoms with van der Waals surface area (Å²) in [5, 5.41) is 8.79. The molecule has 0 aromatic rings. The van der Waals surface area contributed by atoms with Gasteiger partial charge in [0.25, 0.3) is 0 Å². The topological polar surface area (TPSA) is 53.2 Å². The van der Waals surface area contributed by atoms with Gasteiger partial charge < -0.3 is 16.0 Å². The number of rotatable bonds is 6. The quantitative estimate of drug-likeness (QED) is 0.431. The van der Waals surface area contributed by atoms with Crippen molar-refractivity contribution in [1.29, 1.82) is 0 Å². The monoisotopic (exact) mass is 205 g/mol. The number of carbonyl (C=O) groups excluding carboxylic acids is 1. The van der Waals surface area contributed by atoms with Crippen LogP contribution >= 0.6 is 12.6 Å². The van der Waals surface area contributed by atoms with Crippen LogP contribution in [0.3, 0.4) is 0 Å². The first kappa shape index (κ1) is 12.7. The molecule has 4 nitrogen and oxygen atoms in total. The molecule has 1 amide bonds. The van der Waals surface area contributed by atoms with Gasteiger partial charge >= 0.3 is 0 Å². The summed E-state index contributed by atoms with van der Waals surface area (Å²) >= 11 is 4.17. The fraction of sp³-hybridized carbons (Fsp3) is 0.875. The molecule has 0 aliphatic carbocycles. The Morgan fingerprint density at radius 1 is 1.46 bits per heavy atom. The first-order chi connectivity index (χ1) is 6.15. The number of nitrogens with one attached hydrogen (secondary N) is 3. The summed E-state index contributed by atoms with van der Waals surface area (Å²) in [6, 6.07) is 0.149. The summed E-state index contributed by atoms with van der Waals surface area (Å²) in [6.07, 6.45) is 0. The van der Waals surface area contributed by atoms with Gasteiger partial charge in [-0.25, -0.2) is 0 Å². The number of hydrogen-bond acceptors (Lipinski definition) is 4. The third-order valence-corrected chi connectivity index (χ3v) is 2.38. The molecule has 0 bridgehead atoms. The van der Waals surface area contributed by atoms with Crippen LogP contribution in [0.4, 0.5) is 0 Å². The van der Waals surface area contributed by atoms with E-state index in [2.05, 4.69) is 28.6 Å². The Labute approximate surface area is 85.3 Å². The molecule has 0 aromatic heterocycles. The molecule has 0 radical (unpaired) electrons. The average Bonchev–Trinajstić information content (AvgIpc) is 2.17. The van der Waals surface area contributed by atoms with Crippen molar-refractivity contribution in [3.8, 4) is 0 Å². The second-order valence-electron chi connectivity index (χ2n) is 2.91. The van der Waals surface area contributed by atoms with E-state index in [9.17, 15) is 4.79 Å². The van der Waals surface area contributed by atoms with E-state index in [1.54, 1.807) is 7.05 Å². The van der Waals surface area contributed by atoms with E-state index < -0.39 is 0 Å². The van der Waals surface area contributed by atoms with Gasteiger partial charge in [0.1, 0.15) is 0 Å². The molecule has 0 saturated heterocycles. The Morgan fingerprint density at radius 2 is 2.08 bits per heavy atom. The van der Waals surface area contributed by atoms with Gasteiger partial charge in [0.2, 0.25) is 5.91 Å². The van der Waals surface area contributed by atoms with Gasteiger partial charge in [0.15, 0.2) is 0 Å². The minimum Gasteiger partial charge on any atom is -0.358 e. The molecule has 0 spiro atoms. The van der Waals surface area contributed by atoms with Gasteiger partial charge in [-0.1, -0.05) is 0 Å². The van der Waals surface area contributed by atoms with E-state index >= 15 is 0 Å². The SMILES string of the molecule is CNC(=O)[C@H](C)NC[C@H](CS)NC. The van der Waals surface area contributed by atoms with Crippen LogP contribution in [0.15, 0.2) is 0 Å². The largest absolute Gasteiger partial charge is 0.358 e.